The van der Waals surface area contributed by atoms with Crippen molar-refractivity contribution in [2.45, 2.75) is 46.6 Å². The summed E-state index contributed by atoms with van der Waals surface area (Å²) in [4.78, 5) is 8.33. The van der Waals surface area contributed by atoms with Crippen molar-refractivity contribution in [1.82, 2.24) is 9.97 Å². The molecule has 0 amide bonds. The lowest BCUT2D eigenvalue weighted by molar-refractivity contribution is 0.0604. The first-order valence-electron chi connectivity index (χ1n) is 8.54. The average molecular weight is 316 g/mol. The van der Waals surface area contributed by atoms with E-state index in [1.807, 2.05) is 0 Å². The maximum atomic E-state index is 5.59. The van der Waals surface area contributed by atoms with Crippen molar-refractivity contribution >= 4 is 11.0 Å². The molecule has 0 fully saturated rings. The second kappa shape index (κ2) is 6.62. The maximum Gasteiger partial charge on any atom is 0.0886 e. The van der Waals surface area contributed by atoms with Gasteiger partial charge in [0.1, 0.15) is 0 Å². The summed E-state index contributed by atoms with van der Waals surface area (Å²) in [6.45, 7) is 8.86. The Morgan fingerprint density at radius 3 is 2.83 bits per heavy atom. The lowest BCUT2D eigenvalue weighted by Crippen LogP contribution is -2.27. The number of hydrogen-bond acceptors (Lipinski definition) is 3. The molecule has 4 heteroatoms. The number of nitrogens with zero attached hydrogens (tertiary/aromatic N) is 1. The van der Waals surface area contributed by atoms with E-state index in [1.54, 1.807) is 7.11 Å². The topological polar surface area (TPSA) is 47.1 Å². The number of ether oxygens (including phenoxy) is 2. The smallest absolute Gasteiger partial charge is 0.0886 e. The van der Waals surface area contributed by atoms with E-state index >= 15 is 0 Å². The summed E-state index contributed by atoms with van der Waals surface area (Å²) in [5, 5.41) is 0. The van der Waals surface area contributed by atoms with E-state index in [2.05, 4.69) is 37.9 Å². The van der Waals surface area contributed by atoms with E-state index in [0.717, 1.165) is 35.5 Å². The van der Waals surface area contributed by atoms with Crippen LogP contribution in [0.4, 0.5) is 0 Å². The van der Waals surface area contributed by atoms with E-state index in [9.17, 15) is 0 Å². The standard InChI is InChI=1S/C19H28N2O2/c1-19(2,3)14-5-6-16-13(9-14)10-17-18(21-16)11-15(20-17)12-23-8-7-22-4/h10-11,14,20H,5-9,12H2,1-4H3. The van der Waals surface area contributed by atoms with Crippen LogP contribution < -0.4 is 0 Å². The molecule has 0 spiro atoms. The zero-order valence-corrected chi connectivity index (χ0v) is 14.7. The number of pyridine rings is 1. The molecule has 4 nitrogen and oxygen atoms in total. The minimum Gasteiger partial charge on any atom is -0.382 e. The SMILES string of the molecule is COCCOCc1cc2nc3c(cc2[nH]1)CC(C(C)(C)C)CC3. The van der Waals surface area contributed by atoms with Crippen molar-refractivity contribution in [1.29, 1.82) is 0 Å². The lowest BCUT2D eigenvalue weighted by atomic mass is 9.71. The normalized spacial score (nSPS) is 18.3. The minimum absolute atomic E-state index is 0.364. The van der Waals surface area contributed by atoms with E-state index in [4.69, 9.17) is 14.5 Å². The Labute approximate surface area is 138 Å². The second-order valence-electron chi connectivity index (χ2n) is 7.67. The Kier molecular flexibility index (Phi) is 4.74. The first-order valence-corrected chi connectivity index (χ1v) is 8.54. The lowest BCUT2D eigenvalue weighted by Gasteiger charge is -2.34. The van der Waals surface area contributed by atoms with Crippen LogP contribution in [0.5, 0.6) is 0 Å². The van der Waals surface area contributed by atoms with Crippen LogP contribution in [0, 0.1) is 11.3 Å². The number of rotatable bonds is 5. The van der Waals surface area contributed by atoms with Crippen molar-refractivity contribution in [3.8, 4) is 0 Å². The molecule has 2 heterocycles. The first-order chi connectivity index (χ1) is 11.0. The van der Waals surface area contributed by atoms with E-state index < -0.39 is 0 Å². The van der Waals surface area contributed by atoms with Crippen molar-refractivity contribution in [3.05, 3.63) is 29.1 Å². The summed E-state index contributed by atoms with van der Waals surface area (Å²) in [5.74, 6) is 0.737. The first kappa shape index (κ1) is 16.5. The molecule has 23 heavy (non-hydrogen) atoms. The Hall–Kier alpha value is -1.39. The van der Waals surface area contributed by atoms with Crippen molar-refractivity contribution in [3.63, 3.8) is 0 Å². The third kappa shape index (κ3) is 3.75. The van der Waals surface area contributed by atoms with Gasteiger partial charge in [-0.2, -0.15) is 0 Å². The molecular formula is C19H28N2O2. The summed E-state index contributed by atoms with van der Waals surface area (Å²) in [6, 6.07) is 4.41. The highest BCUT2D eigenvalue weighted by Gasteiger charge is 2.29. The monoisotopic (exact) mass is 316 g/mol. The molecule has 1 aliphatic carbocycles. The third-order valence-electron chi connectivity index (χ3n) is 4.94. The number of aromatic amines is 1. The van der Waals surface area contributed by atoms with Crippen molar-refractivity contribution in [2.24, 2.45) is 11.3 Å². The van der Waals surface area contributed by atoms with Gasteiger partial charge < -0.3 is 14.5 Å². The van der Waals surface area contributed by atoms with Gasteiger partial charge in [-0.1, -0.05) is 20.8 Å². The van der Waals surface area contributed by atoms with Crippen LogP contribution >= 0.6 is 0 Å². The largest absolute Gasteiger partial charge is 0.382 e. The number of H-pyrrole nitrogens is 1. The quantitative estimate of drug-likeness (QED) is 0.852. The fourth-order valence-corrected chi connectivity index (χ4v) is 3.41. The highest BCUT2D eigenvalue weighted by Crippen LogP contribution is 2.37. The van der Waals surface area contributed by atoms with Gasteiger partial charge in [-0.3, -0.25) is 4.98 Å². The van der Waals surface area contributed by atoms with Crippen molar-refractivity contribution in [2.75, 3.05) is 20.3 Å². The highest BCUT2D eigenvalue weighted by molar-refractivity contribution is 5.77. The number of fused-ring (bicyclic) bond motifs is 2. The van der Waals surface area contributed by atoms with Crippen LogP contribution in [0.2, 0.25) is 0 Å². The van der Waals surface area contributed by atoms with Gasteiger partial charge in [-0.05, 0) is 48.3 Å². The summed E-state index contributed by atoms with van der Waals surface area (Å²) in [7, 11) is 1.69. The van der Waals surface area contributed by atoms with Crippen molar-refractivity contribution < 1.29 is 9.47 Å². The van der Waals surface area contributed by atoms with E-state index in [-0.39, 0.29) is 0 Å². The van der Waals surface area contributed by atoms with Gasteiger partial charge in [0.15, 0.2) is 0 Å². The fraction of sp³-hybridized carbons (Fsp3) is 0.632. The molecule has 0 aliphatic heterocycles. The molecule has 0 saturated carbocycles. The Morgan fingerprint density at radius 1 is 1.26 bits per heavy atom. The molecule has 0 aromatic carbocycles. The summed E-state index contributed by atoms with van der Waals surface area (Å²) in [5.41, 5.74) is 6.33. The van der Waals surface area contributed by atoms with Crippen LogP contribution in [0.15, 0.2) is 12.1 Å². The molecule has 0 saturated heterocycles. The number of nitrogens with one attached hydrogen (secondary N) is 1. The highest BCUT2D eigenvalue weighted by atomic mass is 16.5. The molecule has 0 radical (unpaired) electrons. The Bertz CT molecular complexity index is 670. The van der Waals surface area contributed by atoms with Gasteiger partial charge in [0.2, 0.25) is 0 Å². The van der Waals surface area contributed by atoms with E-state index in [0.29, 0.717) is 25.2 Å². The molecule has 126 valence electrons. The third-order valence-corrected chi connectivity index (χ3v) is 4.94. The minimum atomic E-state index is 0.364. The molecule has 2 aromatic rings. The van der Waals surface area contributed by atoms with Crippen LogP contribution in [0.1, 0.15) is 44.1 Å². The summed E-state index contributed by atoms with van der Waals surface area (Å²) < 4.78 is 10.6. The van der Waals surface area contributed by atoms with Gasteiger partial charge in [-0.15, -0.1) is 0 Å². The second-order valence-corrected chi connectivity index (χ2v) is 7.67. The number of hydrogen-bond donors (Lipinski definition) is 1. The molecule has 1 aliphatic rings. The number of aromatic nitrogens is 2. The van der Waals surface area contributed by atoms with Crippen LogP contribution in [-0.4, -0.2) is 30.3 Å². The summed E-state index contributed by atoms with van der Waals surface area (Å²) in [6.07, 6.45) is 3.48. The molecule has 2 aromatic heterocycles. The fourth-order valence-electron chi connectivity index (χ4n) is 3.41. The zero-order chi connectivity index (χ0) is 16.4. The van der Waals surface area contributed by atoms with Crippen LogP contribution in [0.3, 0.4) is 0 Å². The number of methoxy groups -OCH3 is 1. The van der Waals surface area contributed by atoms with Crippen LogP contribution in [-0.2, 0) is 28.9 Å². The molecule has 0 bridgehead atoms. The predicted molar refractivity (Wildman–Crippen MR) is 92.6 cm³/mol. The average Bonchev–Trinajstić information content (AvgIpc) is 2.89. The maximum absolute atomic E-state index is 5.59. The van der Waals surface area contributed by atoms with E-state index in [1.165, 1.54) is 17.7 Å². The summed E-state index contributed by atoms with van der Waals surface area (Å²) >= 11 is 0. The Morgan fingerprint density at radius 2 is 2.09 bits per heavy atom. The molecule has 1 unspecified atom stereocenters. The Balaban J connectivity index is 1.77. The molecule has 3 rings (SSSR count). The van der Waals surface area contributed by atoms with Gasteiger partial charge in [0.25, 0.3) is 0 Å². The van der Waals surface area contributed by atoms with Gasteiger partial charge in [-0.25, -0.2) is 0 Å². The predicted octanol–water partition coefficient (Wildman–Crippen LogP) is 3.88. The molecular weight excluding hydrogens is 288 g/mol. The van der Waals surface area contributed by atoms with Crippen LogP contribution in [0.25, 0.3) is 11.0 Å². The molecule has 1 atom stereocenters. The molecule has 1 N–H and O–H groups in total. The van der Waals surface area contributed by atoms with Gasteiger partial charge >= 0.3 is 0 Å². The van der Waals surface area contributed by atoms with Gasteiger partial charge in [0.05, 0.1) is 30.9 Å². The van der Waals surface area contributed by atoms with Gasteiger partial charge in [0, 0.05) is 18.5 Å². The number of aryl methyl sites for hydroxylation is 1. The zero-order valence-electron chi connectivity index (χ0n) is 14.7.